The van der Waals surface area contributed by atoms with Crippen LogP contribution in [0.3, 0.4) is 0 Å². The van der Waals surface area contributed by atoms with E-state index in [0.717, 1.165) is 19.6 Å². The second-order valence-corrected chi connectivity index (χ2v) is 5.36. The zero-order valence-corrected chi connectivity index (χ0v) is 12.2. The van der Waals surface area contributed by atoms with Crippen molar-refractivity contribution in [3.05, 3.63) is 34.9 Å². The van der Waals surface area contributed by atoms with E-state index in [2.05, 4.69) is 56.1 Å². The lowest BCUT2D eigenvalue weighted by molar-refractivity contribution is 0.294. The highest BCUT2D eigenvalue weighted by Crippen LogP contribution is 2.13. The molecule has 0 fully saturated rings. The van der Waals surface area contributed by atoms with Crippen LogP contribution >= 0.6 is 0 Å². The van der Waals surface area contributed by atoms with E-state index >= 15 is 0 Å². The minimum Gasteiger partial charge on any atom is -0.326 e. The minimum absolute atomic E-state index is 0.625. The molecule has 0 atom stereocenters. The quantitative estimate of drug-likeness (QED) is 0.800. The van der Waals surface area contributed by atoms with Gasteiger partial charge in [-0.2, -0.15) is 0 Å². The summed E-state index contributed by atoms with van der Waals surface area (Å²) >= 11 is 0. The van der Waals surface area contributed by atoms with Gasteiger partial charge in [-0.1, -0.05) is 18.2 Å². The number of rotatable bonds is 7. The SMILES string of the molecule is Cc1cc(CN)ccc1CN(C)CCCN(C)C. The highest BCUT2D eigenvalue weighted by atomic mass is 15.1. The van der Waals surface area contributed by atoms with Crippen LogP contribution in [0.25, 0.3) is 0 Å². The van der Waals surface area contributed by atoms with E-state index < -0.39 is 0 Å². The lowest BCUT2D eigenvalue weighted by Gasteiger charge is -2.19. The molecule has 1 aromatic rings. The molecule has 18 heavy (non-hydrogen) atoms. The Bertz CT molecular complexity index is 361. The van der Waals surface area contributed by atoms with E-state index in [9.17, 15) is 0 Å². The first-order valence-corrected chi connectivity index (χ1v) is 6.64. The normalized spacial score (nSPS) is 11.5. The Balaban J connectivity index is 2.46. The standard InChI is InChI=1S/C15H27N3/c1-13-10-14(11-16)6-7-15(13)12-18(4)9-5-8-17(2)3/h6-7,10H,5,8-9,11-12,16H2,1-4H3. The van der Waals surface area contributed by atoms with Gasteiger partial charge in [0.2, 0.25) is 0 Å². The van der Waals surface area contributed by atoms with Gasteiger partial charge in [0, 0.05) is 13.1 Å². The maximum atomic E-state index is 5.65. The van der Waals surface area contributed by atoms with Crippen molar-refractivity contribution in [3.8, 4) is 0 Å². The molecule has 0 heterocycles. The molecule has 0 aromatic heterocycles. The van der Waals surface area contributed by atoms with Crippen LogP contribution in [-0.4, -0.2) is 44.0 Å². The van der Waals surface area contributed by atoms with E-state index in [-0.39, 0.29) is 0 Å². The first-order chi connectivity index (χ1) is 8.52. The van der Waals surface area contributed by atoms with Crippen molar-refractivity contribution >= 4 is 0 Å². The molecule has 0 aliphatic rings. The second-order valence-electron chi connectivity index (χ2n) is 5.36. The molecule has 0 saturated heterocycles. The Morgan fingerprint density at radius 1 is 1.11 bits per heavy atom. The number of hydrogen-bond acceptors (Lipinski definition) is 3. The molecule has 2 N–H and O–H groups in total. The molecule has 0 unspecified atom stereocenters. The zero-order valence-electron chi connectivity index (χ0n) is 12.2. The first-order valence-electron chi connectivity index (χ1n) is 6.64. The van der Waals surface area contributed by atoms with Gasteiger partial charge in [-0.3, -0.25) is 0 Å². The summed E-state index contributed by atoms with van der Waals surface area (Å²) in [7, 11) is 6.43. The predicted octanol–water partition coefficient (Wildman–Crippen LogP) is 1.84. The number of aryl methyl sites for hydroxylation is 1. The molecule has 0 spiro atoms. The average molecular weight is 249 g/mol. The molecule has 3 nitrogen and oxygen atoms in total. The van der Waals surface area contributed by atoms with Crippen LogP contribution in [0.1, 0.15) is 23.1 Å². The molecule has 0 radical (unpaired) electrons. The third-order valence-corrected chi connectivity index (χ3v) is 3.23. The van der Waals surface area contributed by atoms with Gasteiger partial charge in [-0.05, 0) is 64.3 Å². The highest BCUT2D eigenvalue weighted by molar-refractivity contribution is 5.30. The van der Waals surface area contributed by atoms with Crippen LogP contribution < -0.4 is 5.73 Å². The Morgan fingerprint density at radius 2 is 1.83 bits per heavy atom. The van der Waals surface area contributed by atoms with E-state index in [1.807, 2.05) is 0 Å². The lowest BCUT2D eigenvalue weighted by atomic mass is 10.0. The van der Waals surface area contributed by atoms with Gasteiger partial charge < -0.3 is 15.5 Å². The number of nitrogens with two attached hydrogens (primary N) is 1. The van der Waals surface area contributed by atoms with Gasteiger partial charge in [-0.25, -0.2) is 0 Å². The van der Waals surface area contributed by atoms with Crippen LogP contribution in [0.15, 0.2) is 18.2 Å². The fraction of sp³-hybridized carbons (Fsp3) is 0.600. The molecule has 0 aliphatic carbocycles. The van der Waals surface area contributed by atoms with Crippen molar-refractivity contribution in [2.75, 3.05) is 34.2 Å². The molecule has 0 aliphatic heterocycles. The molecule has 1 aromatic carbocycles. The van der Waals surface area contributed by atoms with Gasteiger partial charge in [0.05, 0.1) is 0 Å². The van der Waals surface area contributed by atoms with Gasteiger partial charge in [0.1, 0.15) is 0 Å². The molecule has 102 valence electrons. The van der Waals surface area contributed by atoms with Gasteiger partial charge >= 0.3 is 0 Å². The van der Waals surface area contributed by atoms with Crippen LogP contribution in [0.4, 0.5) is 0 Å². The van der Waals surface area contributed by atoms with Crippen molar-refractivity contribution in [2.24, 2.45) is 5.73 Å². The third-order valence-electron chi connectivity index (χ3n) is 3.23. The van der Waals surface area contributed by atoms with Crippen LogP contribution in [0.2, 0.25) is 0 Å². The maximum Gasteiger partial charge on any atom is 0.0233 e. The van der Waals surface area contributed by atoms with Gasteiger partial charge in [0.15, 0.2) is 0 Å². The molecule has 3 heteroatoms. The summed E-state index contributed by atoms with van der Waals surface area (Å²) in [5.74, 6) is 0. The molecule has 0 amide bonds. The maximum absolute atomic E-state index is 5.65. The van der Waals surface area contributed by atoms with E-state index in [4.69, 9.17) is 5.73 Å². The third kappa shape index (κ3) is 5.17. The monoisotopic (exact) mass is 249 g/mol. The summed E-state index contributed by atoms with van der Waals surface area (Å²) < 4.78 is 0. The summed E-state index contributed by atoms with van der Waals surface area (Å²) in [6.07, 6.45) is 1.21. The smallest absolute Gasteiger partial charge is 0.0233 e. The fourth-order valence-corrected chi connectivity index (χ4v) is 2.09. The fourth-order valence-electron chi connectivity index (χ4n) is 2.09. The summed E-state index contributed by atoms with van der Waals surface area (Å²) in [6.45, 7) is 6.09. The summed E-state index contributed by atoms with van der Waals surface area (Å²) in [5.41, 5.74) is 9.61. The predicted molar refractivity (Wildman–Crippen MR) is 78.6 cm³/mol. The topological polar surface area (TPSA) is 32.5 Å². The van der Waals surface area contributed by atoms with Crippen molar-refractivity contribution in [3.63, 3.8) is 0 Å². The van der Waals surface area contributed by atoms with E-state index in [1.54, 1.807) is 0 Å². The summed E-state index contributed by atoms with van der Waals surface area (Å²) in [4.78, 5) is 4.61. The molecule has 1 rings (SSSR count). The van der Waals surface area contributed by atoms with Crippen molar-refractivity contribution in [1.29, 1.82) is 0 Å². The van der Waals surface area contributed by atoms with Crippen molar-refractivity contribution in [1.82, 2.24) is 9.80 Å². The molecule has 0 bridgehead atoms. The Hall–Kier alpha value is -0.900. The van der Waals surface area contributed by atoms with Crippen LogP contribution in [0.5, 0.6) is 0 Å². The minimum atomic E-state index is 0.625. The average Bonchev–Trinajstić information content (AvgIpc) is 2.31. The van der Waals surface area contributed by atoms with Crippen molar-refractivity contribution < 1.29 is 0 Å². The number of hydrogen-bond donors (Lipinski definition) is 1. The Morgan fingerprint density at radius 3 is 2.39 bits per heavy atom. The van der Waals surface area contributed by atoms with Crippen molar-refractivity contribution in [2.45, 2.75) is 26.4 Å². The largest absolute Gasteiger partial charge is 0.326 e. The molecular weight excluding hydrogens is 222 g/mol. The van der Waals surface area contributed by atoms with E-state index in [1.165, 1.54) is 23.1 Å². The summed E-state index contributed by atoms with van der Waals surface area (Å²) in [5, 5.41) is 0. The Labute approximate surface area is 112 Å². The van der Waals surface area contributed by atoms with Crippen LogP contribution in [0, 0.1) is 6.92 Å². The zero-order chi connectivity index (χ0) is 13.5. The molecular formula is C15H27N3. The van der Waals surface area contributed by atoms with Gasteiger partial charge in [0.25, 0.3) is 0 Å². The Kier molecular flexibility index (Phi) is 6.33. The number of nitrogens with zero attached hydrogens (tertiary/aromatic N) is 2. The second kappa shape index (κ2) is 7.52. The highest BCUT2D eigenvalue weighted by Gasteiger charge is 2.04. The van der Waals surface area contributed by atoms with E-state index in [0.29, 0.717) is 6.54 Å². The number of benzene rings is 1. The lowest BCUT2D eigenvalue weighted by Crippen LogP contribution is -2.23. The van der Waals surface area contributed by atoms with Gasteiger partial charge in [-0.15, -0.1) is 0 Å². The van der Waals surface area contributed by atoms with Crippen LogP contribution in [-0.2, 0) is 13.1 Å². The summed E-state index contributed by atoms with van der Waals surface area (Å²) in [6, 6.07) is 6.54. The molecule has 0 saturated carbocycles. The first kappa shape index (κ1) is 15.2.